The second-order valence-electron chi connectivity index (χ2n) is 4.09. The van der Waals surface area contributed by atoms with Gasteiger partial charge in [0.25, 0.3) is 0 Å². The lowest BCUT2D eigenvalue weighted by atomic mass is 10.3. The molecule has 1 amide bonds. The highest BCUT2D eigenvalue weighted by atomic mass is 16.5. The molecule has 7 nitrogen and oxygen atoms in total. The van der Waals surface area contributed by atoms with Crippen molar-refractivity contribution in [2.75, 3.05) is 32.1 Å². The van der Waals surface area contributed by atoms with E-state index in [0.29, 0.717) is 19.1 Å². The molecule has 0 atom stereocenters. The third-order valence-corrected chi connectivity index (χ3v) is 2.59. The van der Waals surface area contributed by atoms with Crippen LogP contribution in [0.15, 0.2) is 18.3 Å². The molecule has 0 spiro atoms. The fraction of sp³-hybridized carbons (Fsp3) is 0.417. The maximum atomic E-state index is 11.5. The lowest BCUT2D eigenvalue weighted by Crippen LogP contribution is -2.32. The van der Waals surface area contributed by atoms with Crippen LogP contribution in [-0.4, -0.2) is 47.3 Å². The van der Waals surface area contributed by atoms with Crippen LogP contribution in [0.1, 0.15) is 5.56 Å². The molecule has 2 N–H and O–H groups in total. The van der Waals surface area contributed by atoms with Gasteiger partial charge in [-0.3, -0.25) is 4.79 Å². The van der Waals surface area contributed by atoms with Gasteiger partial charge in [-0.15, -0.1) is 5.10 Å². The van der Waals surface area contributed by atoms with Crippen LogP contribution in [0, 0.1) is 6.92 Å². The summed E-state index contributed by atoms with van der Waals surface area (Å²) in [6, 6.07) is 3.86. The van der Waals surface area contributed by atoms with E-state index in [1.807, 2.05) is 25.3 Å². The van der Waals surface area contributed by atoms with Crippen LogP contribution in [0.3, 0.4) is 0 Å². The molecule has 2 aromatic heterocycles. The summed E-state index contributed by atoms with van der Waals surface area (Å²) in [7, 11) is 1.59. The Morgan fingerprint density at radius 2 is 2.37 bits per heavy atom. The van der Waals surface area contributed by atoms with Crippen LogP contribution in [-0.2, 0) is 9.53 Å². The molecule has 2 rings (SSSR count). The molecule has 0 saturated heterocycles. The molecule has 7 heteroatoms. The monoisotopic (exact) mass is 263 g/mol. The normalized spacial score (nSPS) is 10.6. The summed E-state index contributed by atoms with van der Waals surface area (Å²) in [5.41, 5.74) is 1.82. The number of carbonyl (C=O) groups excluding carboxylic acids is 1. The molecule has 19 heavy (non-hydrogen) atoms. The molecule has 2 aromatic rings. The second kappa shape index (κ2) is 6.14. The zero-order chi connectivity index (χ0) is 13.7. The minimum Gasteiger partial charge on any atom is -0.383 e. The van der Waals surface area contributed by atoms with Crippen molar-refractivity contribution >= 4 is 17.5 Å². The van der Waals surface area contributed by atoms with E-state index in [9.17, 15) is 4.79 Å². The number of anilines is 1. The van der Waals surface area contributed by atoms with Gasteiger partial charge in [0.1, 0.15) is 0 Å². The van der Waals surface area contributed by atoms with Crippen LogP contribution in [0.4, 0.5) is 5.95 Å². The van der Waals surface area contributed by atoms with Gasteiger partial charge < -0.3 is 15.4 Å². The Kier molecular flexibility index (Phi) is 4.30. The standard InChI is InChI=1S/C12H17N5O2/c1-9-4-3-6-17-11(9)15-12(16-17)14-8-10(18)13-5-7-19-2/h3-4,6H,5,7-8H2,1-2H3,(H,13,18)(H,14,16). The van der Waals surface area contributed by atoms with Crippen LogP contribution in [0.25, 0.3) is 5.65 Å². The van der Waals surface area contributed by atoms with E-state index < -0.39 is 0 Å². The molecule has 0 aromatic carbocycles. The zero-order valence-electron chi connectivity index (χ0n) is 11.0. The van der Waals surface area contributed by atoms with E-state index in [-0.39, 0.29) is 12.5 Å². The number of ether oxygens (including phenoxy) is 1. The maximum absolute atomic E-state index is 11.5. The van der Waals surface area contributed by atoms with Gasteiger partial charge in [-0.2, -0.15) is 4.98 Å². The van der Waals surface area contributed by atoms with Crippen LogP contribution < -0.4 is 10.6 Å². The lowest BCUT2D eigenvalue weighted by molar-refractivity contribution is -0.119. The molecule has 0 aliphatic heterocycles. The molecule has 0 aliphatic rings. The predicted octanol–water partition coefficient (Wildman–Crippen LogP) is 0.212. The van der Waals surface area contributed by atoms with Crippen molar-refractivity contribution in [1.29, 1.82) is 0 Å². The number of nitrogens with one attached hydrogen (secondary N) is 2. The van der Waals surface area contributed by atoms with Crippen molar-refractivity contribution in [3.05, 3.63) is 23.9 Å². The molecule has 0 radical (unpaired) electrons. The first-order valence-corrected chi connectivity index (χ1v) is 6.02. The zero-order valence-corrected chi connectivity index (χ0v) is 11.0. The van der Waals surface area contributed by atoms with Gasteiger partial charge in [0.15, 0.2) is 5.65 Å². The van der Waals surface area contributed by atoms with Gasteiger partial charge in [-0.1, -0.05) is 6.07 Å². The van der Waals surface area contributed by atoms with Gasteiger partial charge in [-0.05, 0) is 18.6 Å². The highest BCUT2D eigenvalue weighted by molar-refractivity contribution is 5.80. The number of hydrogen-bond donors (Lipinski definition) is 2. The lowest BCUT2D eigenvalue weighted by Gasteiger charge is -2.04. The average Bonchev–Trinajstić information content (AvgIpc) is 2.81. The molecule has 2 heterocycles. The molecule has 0 aliphatic carbocycles. The number of nitrogens with zero attached hydrogens (tertiary/aromatic N) is 3. The number of methoxy groups -OCH3 is 1. The van der Waals surface area contributed by atoms with Crippen molar-refractivity contribution in [3.8, 4) is 0 Å². The average molecular weight is 263 g/mol. The summed E-state index contributed by atoms with van der Waals surface area (Å²) < 4.78 is 6.53. The number of fused-ring (bicyclic) bond motifs is 1. The smallest absolute Gasteiger partial charge is 0.243 e. The molecular formula is C12H17N5O2. The fourth-order valence-corrected chi connectivity index (χ4v) is 1.63. The quantitative estimate of drug-likeness (QED) is 0.728. The van der Waals surface area contributed by atoms with E-state index in [1.54, 1.807) is 11.6 Å². The topological polar surface area (TPSA) is 80.5 Å². The number of rotatable bonds is 6. The van der Waals surface area contributed by atoms with Crippen LogP contribution in [0.5, 0.6) is 0 Å². The first-order valence-electron chi connectivity index (χ1n) is 6.02. The number of carbonyl (C=O) groups is 1. The predicted molar refractivity (Wildman–Crippen MR) is 71.1 cm³/mol. The number of hydrogen-bond acceptors (Lipinski definition) is 5. The van der Waals surface area contributed by atoms with Gasteiger partial charge in [0, 0.05) is 19.9 Å². The summed E-state index contributed by atoms with van der Waals surface area (Å²) >= 11 is 0. The van der Waals surface area contributed by atoms with Gasteiger partial charge >= 0.3 is 0 Å². The highest BCUT2D eigenvalue weighted by Gasteiger charge is 2.06. The third-order valence-electron chi connectivity index (χ3n) is 2.59. The van der Waals surface area contributed by atoms with E-state index in [4.69, 9.17) is 4.74 Å². The van der Waals surface area contributed by atoms with Crippen LogP contribution in [0.2, 0.25) is 0 Å². The molecule has 0 bridgehead atoms. The summed E-state index contributed by atoms with van der Waals surface area (Å²) in [6.45, 7) is 3.09. The minimum atomic E-state index is -0.118. The molecule has 0 fully saturated rings. The molecule has 0 unspecified atom stereocenters. The Morgan fingerprint density at radius 1 is 1.53 bits per heavy atom. The Labute approximate surface area is 111 Å². The molecular weight excluding hydrogens is 246 g/mol. The Hall–Kier alpha value is -2.15. The number of amides is 1. The van der Waals surface area contributed by atoms with Crippen molar-refractivity contribution in [2.24, 2.45) is 0 Å². The summed E-state index contributed by atoms with van der Waals surface area (Å²) in [4.78, 5) is 15.8. The van der Waals surface area contributed by atoms with Gasteiger partial charge in [0.2, 0.25) is 11.9 Å². The van der Waals surface area contributed by atoms with Gasteiger partial charge in [0.05, 0.1) is 13.2 Å². The summed E-state index contributed by atoms with van der Waals surface area (Å²) in [5.74, 6) is 0.323. The van der Waals surface area contributed by atoms with E-state index in [0.717, 1.165) is 11.2 Å². The largest absolute Gasteiger partial charge is 0.383 e. The van der Waals surface area contributed by atoms with Crippen molar-refractivity contribution in [2.45, 2.75) is 6.92 Å². The highest BCUT2D eigenvalue weighted by Crippen LogP contribution is 2.09. The third kappa shape index (κ3) is 3.41. The molecule has 102 valence electrons. The summed E-state index contributed by atoms with van der Waals surface area (Å²) in [6.07, 6.45) is 1.82. The van der Waals surface area contributed by atoms with Crippen molar-refractivity contribution in [3.63, 3.8) is 0 Å². The second-order valence-corrected chi connectivity index (χ2v) is 4.09. The SMILES string of the molecule is COCCNC(=O)CNc1nc2c(C)cccn2n1. The van der Waals surface area contributed by atoms with E-state index >= 15 is 0 Å². The summed E-state index contributed by atoms with van der Waals surface area (Å²) in [5, 5.41) is 9.83. The van der Waals surface area contributed by atoms with E-state index in [2.05, 4.69) is 20.7 Å². The van der Waals surface area contributed by atoms with Gasteiger partial charge in [-0.25, -0.2) is 4.52 Å². The maximum Gasteiger partial charge on any atom is 0.243 e. The Balaban J connectivity index is 1.91. The first kappa shape index (κ1) is 13.3. The van der Waals surface area contributed by atoms with Crippen molar-refractivity contribution in [1.82, 2.24) is 19.9 Å². The fourth-order valence-electron chi connectivity index (χ4n) is 1.63. The Morgan fingerprint density at radius 3 is 3.11 bits per heavy atom. The minimum absolute atomic E-state index is 0.118. The molecule has 0 saturated carbocycles. The first-order chi connectivity index (χ1) is 9.20. The number of aromatic nitrogens is 3. The number of pyridine rings is 1. The van der Waals surface area contributed by atoms with Crippen molar-refractivity contribution < 1.29 is 9.53 Å². The van der Waals surface area contributed by atoms with E-state index in [1.165, 1.54) is 0 Å². The van der Waals surface area contributed by atoms with Crippen LogP contribution >= 0.6 is 0 Å². The number of aryl methyl sites for hydroxylation is 1. The Bertz CT molecular complexity index is 566.